The predicted octanol–water partition coefficient (Wildman–Crippen LogP) is 2.05. The fraction of sp³-hybridized carbons (Fsp3) is 0.304. The molecule has 2 aromatic carbocycles. The van der Waals surface area contributed by atoms with Crippen molar-refractivity contribution in [2.75, 3.05) is 12.3 Å². The van der Waals surface area contributed by atoms with Crippen LogP contribution in [0.1, 0.15) is 34.3 Å². The van der Waals surface area contributed by atoms with Crippen LogP contribution < -0.4 is 20.9 Å². The number of primary amides is 1. The Morgan fingerprint density at radius 2 is 1.79 bits per heavy atom. The summed E-state index contributed by atoms with van der Waals surface area (Å²) in [7, 11) is 0. The number of aliphatic carboxylic acids is 2. The number of fused-ring (bicyclic) bond motifs is 2. The van der Waals surface area contributed by atoms with Crippen molar-refractivity contribution in [1.29, 1.82) is 0 Å². The molecule has 2 atom stereocenters. The number of carboxylic acids is 2. The molecule has 0 aliphatic carbocycles. The summed E-state index contributed by atoms with van der Waals surface area (Å²) in [6.45, 7) is 0.271. The Morgan fingerprint density at radius 1 is 1.06 bits per heavy atom. The summed E-state index contributed by atoms with van der Waals surface area (Å²) in [5.74, 6) is -6.56. The number of carboxylic acid groups (broad SMARTS) is 2. The maximum atomic E-state index is 12.8. The molecule has 1 heterocycles. The van der Waals surface area contributed by atoms with Gasteiger partial charge < -0.3 is 31.2 Å². The smallest absolute Gasteiger partial charge is 0.347 e. The van der Waals surface area contributed by atoms with Crippen molar-refractivity contribution >= 4 is 41.9 Å². The topological polar surface area (TPSA) is 179 Å². The lowest BCUT2D eigenvalue weighted by atomic mass is 9.82. The van der Waals surface area contributed by atoms with Gasteiger partial charge in [0.25, 0.3) is 0 Å². The number of nitrogen functional groups attached to an aromatic ring is 1. The highest BCUT2D eigenvalue weighted by atomic mass is 35.5. The van der Waals surface area contributed by atoms with Gasteiger partial charge in [0.05, 0.1) is 24.9 Å². The molecule has 1 aliphatic heterocycles. The molecule has 0 bridgehead atoms. The molecule has 6 N–H and O–H groups in total. The first-order chi connectivity index (χ1) is 15.7. The van der Waals surface area contributed by atoms with Crippen LogP contribution in [0.5, 0.6) is 11.5 Å². The molecule has 0 fully saturated rings. The molecule has 10 nitrogen and oxygen atoms in total. The molecule has 1 aliphatic rings. The molecule has 182 valence electrons. The lowest BCUT2D eigenvalue weighted by Crippen LogP contribution is -2.37. The number of hydrogen-bond donors (Lipinski definition) is 4. The van der Waals surface area contributed by atoms with E-state index < -0.39 is 42.1 Å². The number of carbonyl (C=O) groups excluding carboxylic acids is 2. The molecule has 34 heavy (non-hydrogen) atoms. The SMILES string of the molecule is Cl.NC(=O)C(Cc1cccc2c1CCCOc1cc(N)ccc1C(=O)O2)[C@H](CC(=O)O)C(=O)O. The summed E-state index contributed by atoms with van der Waals surface area (Å²) >= 11 is 0. The third kappa shape index (κ3) is 6.16. The van der Waals surface area contributed by atoms with E-state index in [9.17, 15) is 24.3 Å². The highest BCUT2D eigenvalue weighted by molar-refractivity contribution is 5.94. The van der Waals surface area contributed by atoms with E-state index >= 15 is 0 Å². The summed E-state index contributed by atoms with van der Waals surface area (Å²) in [6, 6.07) is 9.48. The standard InChI is InChI=1S/C23H24N2O8.ClH/c24-13-6-7-15-19(10-13)32-8-2-4-14-12(3-1-5-18(14)33-23(15)31)9-16(21(25)28)17(22(29)30)11-20(26)27;/h1,3,5-7,10,16-17H,2,4,8-9,11,24H2,(H2,25,28)(H,26,27)(H,29,30);1H/t16?,17-;/m0./s1. The molecular weight excluding hydrogens is 468 g/mol. The average molecular weight is 493 g/mol. The molecule has 1 unspecified atom stereocenters. The van der Waals surface area contributed by atoms with Gasteiger partial charge in [-0.25, -0.2) is 4.79 Å². The van der Waals surface area contributed by atoms with Crippen LogP contribution >= 0.6 is 12.4 Å². The Balaban J connectivity index is 0.00000408. The van der Waals surface area contributed by atoms with Gasteiger partial charge in [0.2, 0.25) is 5.91 Å². The van der Waals surface area contributed by atoms with Crippen LogP contribution in [-0.4, -0.2) is 40.6 Å². The Labute approximate surface area is 201 Å². The van der Waals surface area contributed by atoms with Gasteiger partial charge in [0.1, 0.15) is 17.1 Å². The molecule has 1 amide bonds. The lowest BCUT2D eigenvalue weighted by Gasteiger charge is -2.23. The number of ether oxygens (including phenoxy) is 2. The number of hydrogen-bond acceptors (Lipinski definition) is 7. The fourth-order valence-corrected chi connectivity index (χ4v) is 3.86. The predicted molar refractivity (Wildman–Crippen MR) is 123 cm³/mol. The number of amides is 1. The zero-order valence-corrected chi connectivity index (χ0v) is 18.9. The second kappa shape index (κ2) is 11.4. The van der Waals surface area contributed by atoms with Crippen molar-refractivity contribution in [3.05, 3.63) is 53.1 Å². The first-order valence-corrected chi connectivity index (χ1v) is 10.3. The van der Waals surface area contributed by atoms with E-state index in [4.69, 9.17) is 26.0 Å². The lowest BCUT2D eigenvalue weighted by molar-refractivity contribution is -0.152. The van der Waals surface area contributed by atoms with E-state index in [1.807, 2.05) is 0 Å². The van der Waals surface area contributed by atoms with Crippen LogP contribution in [0.25, 0.3) is 0 Å². The molecule has 0 spiro atoms. The van der Waals surface area contributed by atoms with Crippen molar-refractivity contribution < 1.29 is 38.9 Å². The van der Waals surface area contributed by atoms with Crippen LogP contribution in [0, 0.1) is 11.8 Å². The van der Waals surface area contributed by atoms with E-state index in [2.05, 4.69) is 0 Å². The second-order valence-electron chi connectivity index (χ2n) is 7.75. The van der Waals surface area contributed by atoms with Crippen molar-refractivity contribution in [1.82, 2.24) is 0 Å². The van der Waals surface area contributed by atoms with Crippen LogP contribution in [0.2, 0.25) is 0 Å². The zero-order chi connectivity index (χ0) is 24.1. The summed E-state index contributed by atoms with van der Waals surface area (Å²) in [4.78, 5) is 47.7. The molecule has 0 radical (unpaired) electrons. The van der Waals surface area contributed by atoms with E-state index in [0.717, 1.165) is 0 Å². The van der Waals surface area contributed by atoms with Crippen LogP contribution in [-0.2, 0) is 27.2 Å². The first-order valence-electron chi connectivity index (χ1n) is 10.3. The highest BCUT2D eigenvalue weighted by Gasteiger charge is 2.35. The van der Waals surface area contributed by atoms with Gasteiger partial charge in [-0.3, -0.25) is 14.4 Å². The van der Waals surface area contributed by atoms with E-state index in [1.165, 1.54) is 6.07 Å². The molecule has 2 aromatic rings. The summed E-state index contributed by atoms with van der Waals surface area (Å²) < 4.78 is 11.3. The molecule has 0 saturated heterocycles. The number of carbonyl (C=O) groups is 4. The van der Waals surface area contributed by atoms with Crippen LogP contribution in [0.4, 0.5) is 5.69 Å². The quantitative estimate of drug-likeness (QED) is 0.255. The third-order valence-electron chi connectivity index (χ3n) is 5.49. The molecule has 11 heteroatoms. The van der Waals surface area contributed by atoms with Gasteiger partial charge in [0, 0.05) is 11.8 Å². The number of anilines is 1. The Bertz CT molecular complexity index is 1100. The number of nitrogens with two attached hydrogens (primary N) is 2. The van der Waals surface area contributed by atoms with Crippen molar-refractivity contribution in [3.63, 3.8) is 0 Å². The maximum Gasteiger partial charge on any atom is 0.347 e. The molecular formula is C23H25ClN2O8. The van der Waals surface area contributed by atoms with Gasteiger partial charge >= 0.3 is 17.9 Å². The van der Waals surface area contributed by atoms with E-state index in [-0.39, 0.29) is 36.7 Å². The van der Waals surface area contributed by atoms with E-state index in [1.54, 1.807) is 30.3 Å². The third-order valence-corrected chi connectivity index (χ3v) is 5.49. The number of rotatable bonds is 7. The highest BCUT2D eigenvalue weighted by Crippen LogP contribution is 2.32. The van der Waals surface area contributed by atoms with Gasteiger partial charge in [-0.2, -0.15) is 0 Å². The van der Waals surface area contributed by atoms with Crippen molar-refractivity contribution in [2.45, 2.75) is 25.7 Å². The van der Waals surface area contributed by atoms with Crippen LogP contribution in [0.15, 0.2) is 36.4 Å². The zero-order valence-electron chi connectivity index (χ0n) is 18.1. The second-order valence-corrected chi connectivity index (χ2v) is 7.75. The first kappa shape index (κ1) is 26.5. The Kier molecular flexibility index (Phi) is 8.85. The van der Waals surface area contributed by atoms with Gasteiger partial charge in [0.15, 0.2) is 0 Å². The van der Waals surface area contributed by atoms with E-state index in [0.29, 0.717) is 35.4 Å². The van der Waals surface area contributed by atoms with Crippen molar-refractivity contribution in [2.24, 2.45) is 17.6 Å². The van der Waals surface area contributed by atoms with Crippen molar-refractivity contribution in [3.8, 4) is 11.5 Å². The maximum absolute atomic E-state index is 12.8. The summed E-state index contributed by atoms with van der Waals surface area (Å²) in [5, 5.41) is 18.6. The van der Waals surface area contributed by atoms with Gasteiger partial charge in [-0.05, 0) is 48.6 Å². The fourth-order valence-electron chi connectivity index (χ4n) is 3.86. The normalized spacial score (nSPS) is 14.6. The minimum absolute atomic E-state index is 0. The number of esters is 1. The summed E-state index contributed by atoms with van der Waals surface area (Å²) in [5.41, 5.74) is 13.0. The molecule has 3 rings (SSSR count). The molecule has 0 aromatic heterocycles. The van der Waals surface area contributed by atoms with Crippen LogP contribution in [0.3, 0.4) is 0 Å². The number of halogens is 1. The minimum Gasteiger partial charge on any atom is -0.493 e. The summed E-state index contributed by atoms with van der Waals surface area (Å²) in [6.07, 6.45) is 0.0576. The Hall–Kier alpha value is -3.79. The van der Waals surface area contributed by atoms with Gasteiger partial charge in [-0.1, -0.05) is 12.1 Å². The Morgan fingerprint density at radius 3 is 2.44 bits per heavy atom. The molecule has 0 saturated carbocycles. The number of benzene rings is 2. The monoisotopic (exact) mass is 492 g/mol. The largest absolute Gasteiger partial charge is 0.493 e. The van der Waals surface area contributed by atoms with Gasteiger partial charge in [-0.15, -0.1) is 12.4 Å². The minimum atomic E-state index is -1.50. The average Bonchev–Trinajstić information content (AvgIpc) is 2.74.